The van der Waals surface area contributed by atoms with E-state index < -0.39 is 0 Å². The first-order valence-electron chi connectivity index (χ1n) is 5.35. The Hall–Kier alpha value is -1.51. The van der Waals surface area contributed by atoms with Crippen molar-refractivity contribution >= 4 is 11.5 Å². The Bertz CT molecular complexity index is 402. The molecule has 2 aliphatic heterocycles. The average Bonchev–Trinajstić information content (AvgIpc) is 2.28. The minimum atomic E-state index is 0.251. The normalized spacial score (nSPS) is 24.1. The predicted octanol–water partition coefficient (Wildman–Crippen LogP) is 1.62. The number of ether oxygens (including phenoxy) is 1. The van der Waals surface area contributed by atoms with Crippen LogP contribution in [-0.2, 0) is 4.79 Å². The maximum atomic E-state index is 11.3. The summed E-state index contributed by atoms with van der Waals surface area (Å²) in [7, 11) is 0. The second-order valence-electron chi connectivity index (χ2n) is 4.12. The molecule has 3 rings (SSSR count). The molecular weight excluding hydrogens is 190 g/mol. The molecule has 3 heteroatoms. The molecule has 0 N–H and O–H groups in total. The Morgan fingerprint density at radius 2 is 2.20 bits per heavy atom. The van der Waals surface area contributed by atoms with Crippen LogP contribution in [0.3, 0.4) is 0 Å². The highest BCUT2D eigenvalue weighted by Crippen LogP contribution is 2.35. The van der Waals surface area contributed by atoms with E-state index in [0.29, 0.717) is 25.2 Å². The van der Waals surface area contributed by atoms with Crippen LogP contribution in [0.15, 0.2) is 24.3 Å². The van der Waals surface area contributed by atoms with Gasteiger partial charge in [0.15, 0.2) is 0 Å². The van der Waals surface area contributed by atoms with Gasteiger partial charge >= 0.3 is 0 Å². The van der Waals surface area contributed by atoms with Gasteiger partial charge < -0.3 is 9.64 Å². The van der Waals surface area contributed by atoms with Gasteiger partial charge in [0.05, 0.1) is 11.7 Å². The summed E-state index contributed by atoms with van der Waals surface area (Å²) in [6.07, 6.45) is 1.30. The summed E-state index contributed by atoms with van der Waals surface area (Å²) in [4.78, 5) is 13.7. The van der Waals surface area contributed by atoms with Crippen LogP contribution in [0.1, 0.15) is 12.8 Å². The number of fused-ring (bicyclic) bond motifs is 3. The number of ketones is 1. The fourth-order valence-corrected chi connectivity index (χ4v) is 2.37. The zero-order valence-electron chi connectivity index (χ0n) is 8.48. The van der Waals surface area contributed by atoms with Crippen molar-refractivity contribution in [2.24, 2.45) is 0 Å². The number of piperidine rings is 1. The first-order chi connectivity index (χ1) is 7.34. The van der Waals surface area contributed by atoms with Crippen molar-refractivity contribution in [1.29, 1.82) is 0 Å². The lowest BCUT2D eigenvalue weighted by molar-refractivity contribution is -0.120. The SMILES string of the molecule is O=C1CCN2c3ccccc3OCC2C1. The van der Waals surface area contributed by atoms with Crippen molar-refractivity contribution in [3.8, 4) is 5.75 Å². The molecule has 1 fully saturated rings. The molecule has 0 bridgehead atoms. The zero-order valence-corrected chi connectivity index (χ0v) is 8.48. The summed E-state index contributed by atoms with van der Waals surface area (Å²) in [6.45, 7) is 1.48. The van der Waals surface area contributed by atoms with E-state index in [2.05, 4.69) is 11.0 Å². The summed E-state index contributed by atoms with van der Waals surface area (Å²) in [6, 6.07) is 8.30. The molecule has 2 aliphatic rings. The zero-order chi connectivity index (χ0) is 10.3. The van der Waals surface area contributed by atoms with Crippen molar-refractivity contribution in [2.45, 2.75) is 18.9 Å². The highest BCUT2D eigenvalue weighted by Gasteiger charge is 2.32. The first-order valence-corrected chi connectivity index (χ1v) is 5.35. The van der Waals surface area contributed by atoms with Crippen LogP contribution in [0.4, 0.5) is 5.69 Å². The molecule has 3 nitrogen and oxygen atoms in total. The third kappa shape index (κ3) is 1.39. The Morgan fingerprint density at radius 3 is 3.13 bits per heavy atom. The van der Waals surface area contributed by atoms with Crippen LogP contribution in [0.2, 0.25) is 0 Å². The highest BCUT2D eigenvalue weighted by atomic mass is 16.5. The standard InChI is InChI=1S/C12H13NO2/c14-10-5-6-13-9(7-10)8-15-12-4-2-1-3-11(12)13/h1-4,9H,5-8H2. The van der Waals surface area contributed by atoms with Gasteiger partial charge in [0.25, 0.3) is 0 Å². The van der Waals surface area contributed by atoms with Gasteiger partial charge in [-0.2, -0.15) is 0 Å². The van der Waals surface area contributed by atoms with Crippen LogP contribution in [0.5, 0.6) is 5.75 Å². The third-order valence-corrected chi connectivity index (χ3v) is 3.14. The summed E-state index contributed by atoms with van der Waals surface area (Å²) in [5.74, 6) is 1.31. The fraction of sp³-hybridized carbons (Fsp3) is 0.417. The lowest BCUT2D eigenvalue weighted by atomic mass is 9.99. The molecule has 1 saturated heterocycles. The number of rotatable bonds is 0. The number of nitrogens with zero attached hydrogens (tertiary/aromatic N) is 1. The monoisotopic (exact) mass is 203 g/mol. The number of anilines is 1. The van der Waals surface area contributed by atoms with E-state index in [4.69, 9.17) is 4.74 Å². The van der Waals surface area contributed by atoms with E-state index in [9.17, 15) is 4.79 Å². The smallest absolute Gasteiger partial charge is 0.142 e. The second-order valence-corrected chi connectivity index (χ2v) is 4.12. The van der Waals surface area contributed by atoms with Crippen molar-refractivity contribution < 1.29 is 9.53 Å². The quantitative estimate of drug-likeness (QED) is 0.641. The lowest BCUT2D eigenvalue weighted by Gasteiger charge is -2.40. The molecule has 0 aromatic heterocycles. The van der Waals surface area contributed by atoms with E-state index in [-0.39, 0.29) is 6.04 Å². The Balaban J connectivity index is 1.97. The maximum Gasteiger partial charge on any atom is 0.142 e. The van der Waals surface area contributed by atoms with Gasteiger partial charge in [-0.1, -0.05) is 12.1 Å². The number of carbonyl (C=O) groups is 1. The molecule has 78 valence electrons. The van der Waals surface area contributed by atoms with Gasteiger partial charge in [-0.15, -0.1) is 0 Å². The van der Waals surface area contributed by atoms with Crippen LogP contribution in [0.25, 0.3) is 0 Å². The van der Waals surface area contributed by atoms with Gasteiger partial charge in [0, 0.05) is 19.4 Å². The van der Waals surface area contributed by atoms with E-state index >= 15 is 0 Å². The highest BCUT2D eigenvalue weighted by molar-refractivity contribution is 5.82. The van der Waals surface area contributed by atoms with Crippen molar-refractivity contribution in [1.82, 2.24) is 0 Å². The molecular formula is C12H13NO2. The molecule has 1 aromatic rings. The number of carbonyl (C=O) groups excluding carboxylic acids is 1. The molecule has 0 saturated carbocycles. The second kappa shape index (κ2) is 3.26. The summed E-state index contributed by atoms with van der Waals surface area (Å²) >= 11 is 0. The van der Waals surface area contributed by atoms with Gasteiger partial charge in [-0.3, -0.25) is 4.79 Å². The molecule has 0 aliphatic carbocycles. The van der Waals surface area contributed by atoms with Gasteiger partial charge in [0.1, 0.15) is 18.1 Å². The van der Waals surface area contributed by atoms with E-state index in [0.717, 1.165) is 18.0 Å². The number of benzene rings is 1. The summed E-state index contributed by atoms with van der Waals surface area (Å²) in [5.41, 5.74) is 1.14. The third-order valence-electron chi connectivity index (χ3n) is 3.14. The number of hydrogen-bond donors (Lipinski definition) is 0. The average molecular weight is 203 g/mol. The predicted molar refractivity (Wildman–Crippen MR) is 57.3 cm³/mol. The molecule has 1 unspecified atom stereocenters. The Kier molecular flexibility index (Phi) is 1.91. The summed E-state index contributed by atoms with van der Waals surface area (Å²) in [5, 5.41) is 0. The van der Waals surface area contributed by atoms with E-state index in [1.165, 1.54) is 0 Å². The number of para-hydroxylation sites is 2. The Labute approximate surface area is 88.6 Å². The topological polar surface area (TPSA) is 29.5 Å². The molecule has 1 aromatic carbocycles. The van der Waals surface area contributed by atoms with Crippen molar-refractivity contribution in [2.75, 3.05) is 18.1 Å². The van der Waals surface area contributed by atoms with Gasteiger partial charge in [-0.25, -0.2) is 0 Å². The van der Waals surface area contributed by atoms with Crippen LogP contribution in [0, 0.1) is 0 Å². The number of Topliss-reactive ketones (excluding diaryl/α,β-unsaturated/α-hetero) is 1. The van der Waals surface area contributed by atoms with Crippen LogP contribution >= 0.6 is 0 Å². The summed E-state index contributed by atoms with van der Waals surface area (Å²) < 4.78 is 5.65. The van der Waals surface area contributed by atoms with Gasteiger partial charge in [0.2, 0.25) is 0 Å². The minimum Gasteiger partial charge on any atom is -0.489 e. The molecule has 0 spiro atoms. The van der Waals surface area contributed by atoms with Crippen molar-refractivity contribution in [3.05, 3.63) is 24.3 Å². The van der Waals surface area contributed by atoms with E-state index in [1.807, 2.05) is 18.2 Å². The molecule has 15 heavy (non-hydrogen) atoms. The molecule has 0 radical (unpaired) electrons. The van der Waals surface area contributed by atoms with Gasteiger partial charge in [-0.05, 0) is 12.1 Å². The lowest BCUT2D eigenvalue weighted by Crippen LogP contribution is -2.48. The van der Waals surface area contributed by atoms with E-state index in [1.54, 1.807) is 0 Å². The molecule has 0 amide bonds. The first kappa shape index (κ1) is 8.77. The molecule has 2 heterocycles. The Morgan fingerprint density at radius 1 is 1.33 bits per heavy atom. The van der Waals surface area contributed by atoms with Crippen LogP contribution < -0.4 is 9.64 Å². The van der Waals surface area contributed by atoms with Crippen molar-refractivity contribution in [3.63, 3.8) is 0 Å². The molecule has 1 atom stereocenters. The largest absolute Gasteiger partial charge is 0.489 e. The fourth-order valence-electron chi connectivity index (χ4n) is 2.37. The number of hydrogen-bond acceptors (Lipinski definition) is 3. The van der Waals surface area contributed by atoms with Crippen LogP contribution in [-0.4, -0.2) is 25.0 Å². The minimum absolute atomic E-state index is 0.251. The maximum absolute atomic E-state index is 11.3.